The highest BCUT2D eigenvalue weighted by Crippen LogP contribution is 2.22. The second-order valence-corrected chi connectivity index (χ2v) is 5.63. The molecule has 1 aromatic rings. The third kappa shape index (κ3) is 6.96. The zero-order valence-electron chi connectivity index (χ0n) is 13.6. The van der Waals surface area contributed by atoms with E-state index in [9.17, 15) is 4.79 Å². The molecule has 0 aliphatic carbocycles. The van der Waals surface area contributed by atoms with Gasteiger partial charge in [0.05, 0.1) is 6.04 Å². The normalized spacial score (nSPS) is 11.9. The smallest absolute Gasteiger partial charge is 0.221 e. The van der Waals surface area contributed by atoms with Crippen LogP contribution in [0.25, 0.3) is 0 Å². The molecule has 21 heavy (non-hydrogen) atoms. The molecule has 0 heterocycles. The third-order valence-corrected chi connectivity index (χ3v) is 3.46. The number of benzene rings is 1. The lowest BCUT2D eigenvalue weighted by Gasteiger charge is -2.23. The monoisotopic (exact) mass is 312 g/mol. The molecule has 1 rings (SSSR count). The minimum Gasteiger partial charge on any atom is -0.349 e. The first-order valence-electron chi connectivity index (χ1n) is 7.61. The zero-order chi connectivity index (χ0) is 15.0. The molecule has 0 bridgehead atoms. The summed E-state index contributed by atoms with van der Waals surface area (Å²) in [6, 6.07) is 8.74. The summed E-state index contributed by atoms with van der Waals surface area (Å²) in [6.45, 7) is 7.19. The van der Waals surface area contributed by atoms with Crippen molar-refractivity contribution in [2.75, 3.05) is 13.6 Å². The van der Waals surface area contributed by atoms with E-state index >= 15 is 0 Å². The molecule has 0 spiro atoms. The lowest BCUT2D eigenvalue weighted by Crippen LogP contribution is -2.33. The van der Waals surface area contributed by atoms with Gasteiger partial charge in [-0.2, -0.15) is 0 Å². The van der Waals surface area contributed by atoms with E-state index in [1.165, 1.54) is 11.1 Å². The SMILES string of the molecule is CCCc1ccc(C(NC(=O)CCNC)C(C)C)cc1.Cl. The molecule has 4 heteroatoms. The number of halogens is 1. The predicted molar refractivity (Wildman–Crippen MR) is 92.0 cm³/mol. The molecule has 0 aromatic heterocycles. The summed E-state index contributed by atoms with van der Waals surface area (Å²) in [5, 5.41) is 6.14. The number of hydrogen-bond acceptors (Lipinski definition) is 2. The average Bonchev–Trinajstić information content (AvgIpc) is 2.43. The molecule has 3 nitrogen and oxygen atoms in total. The molecule has 0 radical (unpaired) electrons. The molecule has 1 aromatic carbocycles. The highest BCUT2D eigenvalue weighted by molar-refractivity contribution is 5.85. The summed E-state index contributed by atoms with van der Waals surface area (Å²) in [7, 11) is 1.86. The maximum absolute atomic E-state index is 11.9. The van der Waals surface area contributed by atoms with E-state index in [4.69, 9.17) is 0 Å². The number of nitrogens with one attached hydrogen (secondary N) is 2. The van der Waals surface area contributed by atoms with Crippen LogP contribution in [-0.2, 0) is 11.2 Å². The van der Waals surface area contributed by atoms with E-state index in [0.717, 1.165) is 12.8 Å². The van der Waals surface area contributed by atoms with Gasteiger partial charge >= 0.3 is 0 Å². The Hall–Kier alpha value is -1.06. The van der Waals surface area contributed by atoms with E-state index in [1.54, 1.807) is 0 Å². The number of carbonyl (C=O) groups is 1. The topological polar surface area (TPSA) is 41.1 Å². The molecule has 0 aliphatic rings. The molecule has 0 saturated carbocycles. The van der Waals surface area contributed by atoms with Gasteiger partial charge in [0.25, 0.3) is 0 Å². The molecule has 0 aliphatic heterocycles. The predicted octanol–water partition coefficient (Wildman–Crippen LogP) is 3.48. The van der Waals surface area contributed by atoms with E-state index in [2.05, 4.69) is 55.7 Å². The van der Waals surface area contributed by atoms with E-state index in [0.29, 0.717) is 18.9 Å². The van der Waals surface area contributed by atoms with Crippen LogP contribution in [0.4, 0.5) is 0 Å². The largest absolute Gasteiger partial charge is 0.349 e. The third-order valence-electron chi connectivity index (χ3n) is 3.46. The zero-order valence-corrected chi connectivity index (χ0v) is 14.4. The Morgan fingerprint density at radius 1 is 1.19 bits per heavy atom. The summed E-state index contributed by atoms with van der Waals surface area (Å²) in [5.74, 6) is 0.487. The average molecular weight is 313 g/mol. The quantitative estimate of drug-likeness (QED) is 0.771. The first-order valence-corrected chi connectivity index (χ1v) is 7.61. The molecule has 0 fully saturated rings. The van der Waals surface area contributed by atoms with Gasteiger partial charge in [0.15, 0.2) is 0 Å². The van der Waals surface area contributed by atoms with Gasteiger partial charge in [-0.25, -0.2) is 0 Å². The van der Waals surface area contributed by atoms with Gasteiger partial charge in [-0.1, -0.05) is 51.5 Å². The lowest BCUT2D eigenvalue weighted by molar-refractivity contribution is -0.122. The van der Waals surface area contributed by atoms with Gasteiger partial charge in [-0.15, -0.1) is 12.4 Å². The highest BCUT2D eigenvalue weighted by Gasteiger charge is 2.17. The van der Waals surface area contributed by atoms with Crippen LogP contribution < -0.4 is 10.6 Å². The van der Waals surface area contributed by atoms with E-state index in [1.807, 2.05) is 7.05 Å². The molecular weight excluding hydrogens is 284 g/mol. The van der Waals surface area contributed by atoms with Crippen molar-refractivity contribution in [2.45, 2.75) is 46.1 Å². The first-order chi connectivity index (χ1) is 9.58. The van der Waals surface area contributed by atoms with Gasteiger partial charge in [0.1, 0.15) is 0 Å². The molecule has 120 valence electrons. The molecule has 0 saturated heterocycles. The van der Waals surface area contributed by atoms with E-state index < -0.39 is 0 Å². The molecule has 1 atom stereocenters. The van der Waals surface area contributed by atoms with Crippen LogP contribution >= 0.6 is 12.4 Å². The fourth-order valence-corrected chi connectivity index (χ4v) is 2.30. The van der Waals surface area contributed by atoms with Crippen LogP contribution in [0.3, 0.4) is 0 Å². The number of aryl methyl sites for hydroxylation is 1. The van der Waals surface area contributed by atoms with Gasteiger partial charge in [0.2, 0.25) is 5.91 Å². The Bertz CT molecular complexity index is 404. The van der Waals surface area contributed by atoms with Gasteiger partial charge < -0.3 is 10.6 Å². The lowest BCUT2D eigenvalue weighted by atomic mass is 9.94. The van der Waals surface area contributed by atoms with Crippen molar-refractivity contribution in [1.82, 2.24) is 10.6 Å². The van der Waals surface area contributed by atoms with Crippen molar-refractivity contribution < 1.29 is 4.79 Å². The van der Waals surface area contributed by atoms with E-state index in [-0.39, 0.29) is 24.4 Å². The van der Waals surface area contributed by atoms with Crippen molar-refractivity contribution in [3.05, 3.63) is 35.4 Å². The van der Waals surface area contributed by atoms with Gasteiger partial charge in [-0.05, 0) is 30.5 Å². The minimum atomic E-state index is 0. The Morgan fingerprint density at radius 2 is 1.81 bits per heavy atom. The van der Waals surface area contributed by atoms with Crippen molar-refractivity contribution in [1.29, 1.82) is 0 Å². The maximum Gasteiger partial charge on any atom is 0.221 e. The maximum atomic E-state index is 11.9. The van der Waals surface area contributed by atoms with Crippen LogP contribution in [0.5, 0.6) is 0 Å². The Morgan fingerprint density at radius 3 is 2.29 bits per heavy atom. The second kappa shape index (κ2) is 10.6. The van der Waals surface area contributed by atoms with Crippen molar-refractivity contribution in [3.8, 4) is 0 Å². The highest BCUT2D eigenvalue weighted by atomic mass is 35.5. The number of amides is 1. The van der Waals surface area contributed by atoms with Crippen LogP contribution in [-0.4, -0.2) is 19.5 Å². The molecule has 1 amide bonds. The van der Waals surface area contributed by atoms with Crippen molar-refractivity contribution in [2.24, 2.45) is 5.92 Å². The fourth-order valence-electron chi connectivity index (χ4n) is 2.30. The van der Waals surface area contributed by atoms with Gasteiger partial charge in [-0.3, -0.25) is 4.79 Å². The number of hydrogen-bond donors (Lipinski definition) is 2. The minimum absolute atomic E-state index is 0. The Labute approximate surface area is 135 Å². The Balaban J connectivity index is 0.00000400. The van der Waals surface area contributed by atoms with Crippen LogP contribution in [0.2, 0.25) is 0 Å². The summed E-state index contributed by atoms with van der Waals surface area (Å²) in [5.41, 5.74) is 2.55. The van der Waals surface area contributed by atoms with Crippen LogP contribution in [0, 0.1) is 5.92 Å². The summed E-state index contributed by atoms with van der Waals surface area (Å²) in [4.78, 5) is 11.9. The van der Waals surface area contributed by atoms with Crippen molar-refractivity contribution >= 4 is 18.3 Å². The van der Waals surface area contributed by atoms with Crippen LogP contribution in [0.15, 0.2) is 24.3 Å². The number of carbonyl (C=O) groups excluding carboxylic acids is 1. The molecule has 1 unspecified atom stereocenters. The fraction of sp³-hybridized carbons (Fsp3) is 0.588. The standard InChI is InChI=1S/C17H28N2O.ClH/c1-5-6-14-7-9-15(10-8-14)17(13(2)3)19-16(20)11-12-18-4;/h7-10,13,17-18H,5-6,11-12H2,1-4H3,(H,19,20);1H. The van der Waals surface area contributed by atoms with Gasteiger partial charge in [0, 0.05) is 13.0 Å². The van der Waals surface area contributed by atoms with Crippen molar-refractivity contribution in [3.63, 3.8) is 0 Å². The molecule has 2 N–H and O–H groups in total. The Kier molecular flexibility index (Phi) is 10.1. The number of rotatable bonds is 8. The van der Waals surface area contributed by atoms with Crippen LogP contribution in [0.1, 0.15) is 50.8 Å². The second-order valence-electron chi connectivity index (χ2n) is 5.63. The summed E-state index contributed by atoms with van der Waals surface area (Å²) in [6.07, 6.45) is 2.79. The molecular formula is C17H29ClN2O. The summed E-state index contributed by atoms with van der Waals surface area (Å²) >= 11 is 0. The summed E-state index contributed by atoms with van der Waals surface area (Å²) < 4.78 is 0. The first kappa shape index (κ1) is 19.9.